The van der Waals surface area contributed by atoms with Gasteiger partial charge in [-0.1, -0.05) is 18.2 Å². The number of hydrogen-bond donors (Lipinski definition) is 2. The smallest absolute Gasteiger partial charge is 0.261 e. The number of amides is 1. The van der Waals surface area contributed by atoms with Crippen molar-refractivity contribution in [3.63, 3.8) is 0 Å². The molecule has 0 radical (unpaired) electrons. The minimum absolute atomic E-state index is 0.0377. The van der Waals surface area contributed by atoms with E-state index in [1.165, 1.54) is 0 Å². The Bertz CT molecular complexity index is 1300. The lowest BCUT2D eigenvalue weighted by Gasteiger charge is -2.25. The predicted molar refractivity (Wildman–Crippen MR) is 126 cm³/mol. The van der Waals surface area contributed by atoms with E-state index in [2.05, 4.69) is 26.7 Å². The molecule has 0 atom stereocenters. The average molecular weight is 419 g/mol. The third-order valence-corrected chi connectivity index (χ3v) is 6.17. The summed E-state index contributed by atoms with van der Waals surface area (Å²) in [7, 11) is 0. The van der Waals surface area contributed by atoms with Crippen LogP contribution in [0.15, 0.2) is 91.5 Å². The highest BCUT2D eigenvalue weighted by atomic mass is 16.2. The van der Waals surface area contributed by atoms with Gasteiger partial charge in [0.25, 0.3) is 5.91 Å². The van der Waals surface area contributed by atoms with Crippen molar-refractivity contribution >= 4 is 34.3 Å². The summed E-state index contributed by atoms with van der Waals surface area (Å²) in [4.78, 5) is 23.9. The van der Waals surface area contributed by atoms with E-state index in [4.69, 9.17) is 0 Å². The van der Waals surface area contributed by atoms with Crippen LogP contribution in [0.5, 0.6) is 0 Å². The quantitative estimate of drug-likeness (QED) is 0.440. The van der Waals surface area contributed by atoms with Crippen molar-refractivity contribution in [1.82, 2.24) is 9.97 Å². The molecular weight excluding hydrogens is 398 g/mol. The van der Waals surface area contributed by atoms with Gasteiger partial charge in [-0.05, 0) is 66.9 Å². The van der Waals surface area contributed by atoms with Gasteiger partial charge in [0.15, 0.2) is 0 Å². The fourth-order valence-electron chi connectivity index (χ4n) is 4.59. The first-order chi connectivity index (χ1) is 15.7. The first-order valence-corrected chi connectivity index (χ1v) is 10.7. The van der Waals surface area contributed by atoms with Gasteiger partial charge in [-0.15, -0.1) is 0 Å². The first-order valence-electron chi connectivity index (χ1n) is 10.7. The Morgan fingerprint density at radius 1 is 0.750 bits per heavy atom. The molecule has 32 heavy (non-hydrogen) atoms. The zero-order chi connectivity index (χ0) is 21.5. The number of rotatable bonds is 5. The number of anilines is 5. The van der Waals surface area contributed by atoms with Crippen LogP contribution in [0.4, 0.5) is 28.4 Å². The SMILES string of the molecule is O=C1c2c(Nc3ccncc3)cccc2C2(CC2)N1c1cccc(Nc2ccncc2)c1. The van der Waals surface area contributed by atoms with E-state index in [9.17, 15) is 4.79 Å². The van der Waals surface area contributed by atoms with Gasteiger partial charge in [0.1, 0.15) is 0 Å². The number of nitrogens with one attached hydrogen (secondary N) is 2. The van der Waals surface area contributed by atoms with Crippen molar-refractivity contribution in [1.29, 1.82) is 0 Å². The summed E-state index contributed by atoms with van der Waals surface area (Å²) >= 11 is 0. The Morgan fingerprint density at radius 3 is 2.09 bits per heavy atom. The number of fused-ring (bicyclic) bond motifs is 2. The molecule has 1 saturated carbocycles. The van der Waals surface area contributed by atoms with E-state index in [0.717, 1.165) is 52.4 Å². The number of carbonyl (C=O) groups excluding carboxylic acids is 1. The molecule has 0 unspecified atom stereocenters. The summed E-state index contributed by atoms with van der Waals surface area (Å²) in [6.07, 6.45) is 8.91. The van der Waals surface area contributed by atoms with E-state index in [1.54, 1.807) is 24.8 Å². The van der Waals surface area contributed by atoms with Gasteiger partial charge in [0.05, 0.1) is 16.8 Å². The van der Waals surface area contributed by atoms with Gasteiger partial charge < -0.3 is 10.6 Å². The van der Waals surface area contributed by atoms with Crippen LogP contribution < -0.4 is 15.5 Å². The lowest BCUT2D eigenvalue weighted by molar-refractivity contribution is 0.0990. The van der Waals surface area contributed by atoms with Gasteiger partial charge >= 0.3 is 0 Å². The van der Waals surface area contributed by atoms with Crippen LogP contribution in [-0.4, -0.2) is 15.9 Å². The fourth-order valence-corrected chi connectivity index (χ4v) is 4.59. The van der Waals surface area contributed by atoms with Crippen molar-refractivity contribution in [2.24, 2.45) is 0 Å². The van der Waals surface area contributed by atoms with Crippen LogP contribution in [0.3, 0.4) is 0 Å². The maximum Gasteiger partial charge on any atom is 0.261 e. The van der Waals surface area contributed by atoms with Crippen molar-refractivity contribution in [2.75, 3.05) is 15.5 Å². The highest BCUT2D eigenvalue weighted by Crippen LogP contribution is 2.59. The Hall–Kier alpha value is -4.19. The minimum atomic E-state index is -0.252. The molecule has 2 aromatic heterocycles. The maximum absolute atomic E-state index is 13.8. The zero-order valence-electron chi connectivity index (χ0n) is 17.3. The average Bonchev–Trinajstić information content (AvgIpc) is 3.57. The standard InChI is InChI=1S/C26H21N5O/c32-25-24-22(5-2-6-23(24)30-19-9-15-28-16-10-19)26(11-12-26)31(25)21-4-1-3-20(17-21)29-18-7-13-27-14-8-18/h1-10,13-17H,11-12H2,(H,27,29)(H,28,30). The number of nitrogens with zero attached hydrogens (tertiary/aromatic N) is 3. The minimum Gasteiger partial charge on any atom is -0.355 e. The third kappa shape index (κ3) is 3.00. The highest BCUT2D eigenvalue weighted by Gasteiger charge is 2.59. The van der Waals surface area contributed by atoms with Crippen molar-refractivity contribution < 1.29 is 4.79 Å². The highest BCUT2D eigenvalue weighted by molar-refractivity contribution is 6.16. The molecule has 0 saturated heterocycles. The van der Waals surface area contributed by atoms with Gasteiger partial charge in [0.2, 0.25) is 0 Å². The number of aromatic nitrogens is 2. The molecule has 0 bridgehead atoms. The largest absolute Gasteiger partial charge is 0.355 e. The van der Waals surface area contributed by atoms with Gasteiger partial charge in [-0.25, -0.2) is 0 Å². The Morgan fingerprint density at radius 2 is 1.41 bits per heavy atom. The summed E-state index contributed by atoms with van der Waals surface area (Å²) in [6.45, 7) is 0. The molecule has 4 aromatic rings. The number of benzene rings is 2. The number of pyridine rings is 2. The third-order valence-electron chi connectivity index (χ3n) is 6.17. The van der Waals surface area contributed by atoms with E-state index in [0.29, 0.717) is 0 Å². The number of carbonyl (C=O) groups is 1. The molecular formula is C26H21N5O. The summed E-state index contributed by atoms with van der Waals surface area (Å²) in [6, 6.07) is 21.8. The van der Waals surface area contributed by atoms with Crippen molar-refractivity contribution in [3.05, 3.63) is 103 Å². The topological polar surface area (TPSA) is 70.2 Å². The molecule has 6 rings (SSSR count). The van der Waals surface area contributed by atoms with Gasteiger partial charge in [0, 0.05) is 47.5 Å². The molecule has 1 amide bonds. The van der Waals surface area contributed by atoms with Crippen LogP contribution in [0.2, 0.25) is 0 Å². The normalized spacial score (nSPS) is 15.5. The lowest BCUT2D eigenvalue weighted by atomic mass is 10.0. The Balaban J connectivity index is 1.37. The first kappa shape index (κ1) is 18.6. The van der Waals surface area contributed by atoms with Crippen LogP contribution in [-0.2, 0) is 5.54 Å². The predicted octanol–water partition coefficient (Wildman–Crippen LogP) is 5.61. The van der Waals surface area contributed by atoms with E-state index >= 15 is 0 Å². The Kier molecular flexibility index (Phi) is 4.18. The van der Waals surface area contributed by atoms with E-state index < -0.39 is 0 Å². The molecule has 6 nitrogen and oxygen atoms in total. The summed E-state index contributed by atoms with van der Waals surface area (Å²) in [5, 5.41) is 6.81. The molecule has 1 aliphatic heterocycles. The van der Waals surface area contributed by atoms with Crippen molar-refractivity contribution in [2.45, 2.75) is 18.4 Å². The molecule has 2 aliphatic rings. The molecule has 2 aromatic carbocycles. The summed E-state index contributed by atoms with van der Waals surface area (Å²) < 4.78 is 0. The molecule has 156 valence electrons. The van der Waals surface area contributed by atoms with Crippen LogP contribution in [0.1, 0.15) is 28.8 Å². The molecule has 1 fully saturated rings. The maximum atomic E-state index is 13.8. The molecule has 6 heteroatoms. The lowest BCUT2D eigenvalue weighted by Crippen LogP contribution is -2.33. The van der Waals surface area contributed by atoms with Gasteiger partial charge in [-0.3, -0.25) is 19.7 Å². The number of hydrogen-bond acceptors (Lipinski definition) is 5. The van der Waals surface area contributed by atoms with Crippen molar-refractivity contribution in [3.8, 4) is 0 Å². The summed E-state index contributed by atoms with van der Waals surface area (Å²) in [5.74, 6) is 0.0377. The monoisotopic (exact) mass is 419 g/mol. The second-order valence-electron chi connectivity index (χ2n) is 8.17. The van der Waals surface area contributed by atoms with E-state index in [-0.39, 0.29) is 11.4 Å². The second-order valence-corrected chi connectivity index (χ2v) is 8.17. The Labute approximate surface area is 186 Å². The fraction of sp³-hybridized carbons (Fsp3) is 0.115. The second kappa shape index (κ2) is 7.20. The van der Waals surface area contributed by atoms with E-state index in [1.807, 2.05) is 65.6 Å². The molecule has 3 heterocycles. The van der Waals surface area contributed by atoms with Gasteiger partial charge in [-0.2, -0.15) is 0 Å². The van der Waals surface area contributed by atoms with Crippen LogP contribution >= 0.6 is 0 Å². The zero-order valence-corrected chi connectivity index (χ0v) is 17.3. The van der Waals surface area contributed by atoms with Crippen LogP contribution in [0.25, 0.3) is 0 Å². The molecule has 1 aliphatic carbocycles. The van der Waals surface area contributed by atoms with Crippen LogP contribution in [0, 0.1) is 0 Å². The summed E-state index contributed by atoms with van der Waals surface area (Å²) in [5.41, 5.74) is 6.14. The molecule has 2 N–H and O–H groups in total. The molecule has 1 spiro atoms.